The predicted octanol–water partition coefficient (Wildman–Crippen LogP) is 7.91. The molecule has 0 aliphatic heterocycles. The Morgan fingerprint density at radius 2 is 1.00 bits per heavy atom. The van der Waals surface area contributed by atoms with Crippen LogP contribution in [0.2, 0.25) is 0 Å². The van der Waals surface area contributed by atoms with Crippen molar-refractivity contribution in [1.29, 1.82) is 0 Å². The van der Waals surface area contributed by atoms with Gasteiger partial charge in [-0.15, -0.1) is 0 Å². The monoisotopic (exact) mass is 437 g/mol. The van der Waals surface area contributed by atoms with Gasteiger partial charge in [-0.25, -0.2) is 8.42 Å². The first-order valence-electron chi connectivity index (χ1n) is 11.8. The molecule has 5 nitrogen and oxygen atoms in total. The number of quaternary nitrogens is 1. The molecule has 0 spiro atoms. The van der Waals surface area contributed by atoms with Gasteiger partial charge >= 0.3 is 0 Å². The van der Waals surface area contributed by atoms with Gasteiger partial charge in [0.2, 0.25) is 10.4 Å². The Bertz CT molecular complexity index is 446. The minimum atomic E-state index is -4.63. The maximum atomic E-state index is 10.9. The van der Waals surface area contributed by atoms with Gasteiger partial charge in [-0.05, 0) is 11.8 Å². The third-order valence-electron chi connectivity index (χ3n) is 5.52. The van der Waals surface area contributed by atoms with Crippen LogP contribution >= 0.6 is 0 Å². The predicted molar refractivity (Wildman–Crippen MR) is 124 cm³/mol. The van der Waals surface area contributed by atoms with E-state index in [4.69, 9.17) is 4.18 Å². The zero-order valence-electron chi connectivity index (χ0n) is 20.1. The molecular weight excluding hydrogens is 386 g/mol. The summed E-state index contributed by atoms with van der Waals surface area (Å²) in [6.45, 7) is 8.00. The molecule has 0 aromatic heterocycles. The van der Waals surface area contributed by atoms with Crippen molar-refractivity contribution in [2.75, 3.05) is 0 Å². The van der Waals surface area contributed by atoms with Crippen molar-refractivity contribution in [1.82, 2.24) is 6.15 Å². The van der Waals surface area contributed by atoms with E-state index in [1.165, 1.54) is 89.9 Å². The molecule has 0 aromatic rings. The van der Waals surface area contributed by atoms with Gasteiger partial charge in [-0.3, -0.25) is 4.18 Å². The van der Waals surface area contributed by atoms with Gasteiger partial charge in [0.1, 0.15) is 0 Å². The highest BCUT2D eigenvalue weighted by Gasteiger charge is 2.27. The molecule has 4 N–H and O–H groups in total. The van der Waals surface area contributed by atoms with Gasteiger partial charge in [0.15, 0.2) is 0 Å². The molecule has 0 rings (SSSR count). The van der Waals surface area contributed by atoms with Gasteiger partial charge in [0, 0.05) is 0 Å². The second-order valence-corrected chi connectivity index (χ2v) is 10.5. The lowest BCUT2D eigenvalue weighted by atomic mass is 9.86. The largest absolute Gasteiger partial charge is 0.726 e. The van der Waals surface area contributed by atoms with Crippen LogP contribution in [0.15, 0.2) is 0 Å². The van der Waals surface area contributed by atoms with E-state index in [0.29, 0.717) is 6.42 Å². The van der Waals surface area contributed by atoms with E-state index in [1.807, 2.05) is 20.8 Å². The Hall–Kier alpha value is -0.170. The maximum absolute atomic E-state index is 10.9. The first-order chi connectivity index (χ1) is 13.2. The molecule has 1 atom stereocenters. The molecule has 0 fully saturated rings. The molecule has 0 saturated heterocycles. The molecule has 29 heavy (non-hydrogen) atoms. The summed E-state index contributed by atoms with van der Waals surface area (Å²) in [6.07, 6.45) is 21.1. The number of rotatable bonds is 19. The normalized spacial score (nSPS) is 13.3. The Labute approximate surface area is 182 Å². The second kappa shape index (κ2) is 18.6. The zero-order chi connectivity index (χ0) is 21.3. The van der Waals surface area contributed by atoms with Gasteiger partial charge in [0.05, 0.1) is 6.10 Å². The average Bonchev–Trinajstić information content (AvgIpc) is 2.58. The van der Waals surface area contributed by atoms with Crippen molar-refractivity contribution >= 4 is 10.4 Å². The summed E-state index contributed by atoms with van der Waals surface area (Å²) >= 11 is 0. The fourth-order valence-corrected chi connectivity index (χ4v) is 4.31. The Kier molecular flexibility index (Phi) is 19.9. The summed E-state index contributed by atoms with van der Waals surface area (Å²) in [5, 5.41) is 0. The third kappa shape index (κ3) is 22.3. The van der Waals surface area contributed by atoms with E-state index < -0.39 is 16.5 Å². The van der Waals surface area contributed by atoms with E-state index in [-0.39, 0.29) is 11.6 Å². The second-order valence-electron chi connectivity index (χ2n) is 9.45. The Balaban J connectivity index is 0. The van der Waals surface area contributed by atoms with Crippen LogP contribution in [0.4, 0.5) is 0 Å². The molecule has 0 saturated carbocycles. The van der Waals surface area contributed by atoms with E-state index in [2.05, 4.69) is 6.92 Å². The smallest absolute Gasteiger partial charge is 0.217 e. The van der Waals surface area contributed by atoms with Crippen LogP contribution in [0.25, 0.3) is 0 Å². The molecule has 1 unspecified atom stereocenters. The molecule has 0 radical (unpaired) electrons. The van der Waals surface area contributed by atoms with E-state index in [9.17, 15) is 13.0 Å². The van der Waals surface area contributed by atoms with Gasteiger partial charge in [0.25, 0.3) is 0 Å². The van der Waals surface area contributed by atoms with Crippen LogP contribution in [-0.2, 0) is 14.6 Å². The molecule has 0 amide bonds. The van der Waals surface area contributed by atoms with Crippen LogP contribution in [0.5, 0.6) is 0 Å². The maximum Gasteiger partial charge on any atom is 0.217 e. The Morgan fingerprint density at radius 3 is 1.28 bits per heavy atom. The number of hydrogen-bond donors (Lipinski definition) is 1. The van der Waals surface area contributed by atoms with Crippen LogP contribution in [0.3, 0.4) is 0 Å². The summed E-state index contributed by atoms with van der Waals surface area (Å²) in [5.74, 6) is 0. The molecule has 6 heteroatoms. The molecule has 0 bridgehead atoms. The highest BCUT2D eigenvalue weighted by atomic mass is 32.3. The zero-order valence-corrected chi connectivity index (χ0v) is 21.0. The summed E-state index contributed by atoms with van der Waals surface area (Å²) in [6, 6.07) is 0. The van der Waals surface area contributed by atoms with Crippen LogP contribution in [-0.4, -0.2) is 19.1 Å². The third-order valence-corrected chi connectivity index (χ3v) is 5.99. The van der Waals surface area contributed by atoms with Crippen molar-refractivity contribution in [3.63, 3.8) is 0 Å². The number of unbranched alkanes of at least 4 members (excludes halogenated alkanes) is 15. The van der Waals surface area contributed by atoms with Crippen molar-refractivity contribution in [2.24, 2.45) is 5.41 Å². The summed E-state index contributed by atoms with van der Waals surface area (Å²) in [5.41, 5.74) is -0.340. The minimum Gasteiger partial charge on any atom is -0.726 e. The van der Waals surface area contributed by atoms with E-state index in [1.54, 1.807) is 0 Å². The molecule has 0 aromatic carbocycles. The van der Waals surface area contributed by atoms with Gasteiger partial charge < -0.3 is 10.7 Å². The molecule has 178 valence electrons. The summed E-state index contributed by atoms with van der Waals surface area (Å²) < 4.78 is 37.4. The summed E-state index contributed by atoms with van der Waals surface area (Å²) in [4.78, 5) is 0. The van der Waals surface area contributed by atoms with Crippen LogP contribution in [0, 0.1) is 5.41 Å². The van der Waals surface area contributed by atoms with Crippen molar-refractivity contribution in [3.05, 3.63) is 0 Å². The molecular formula is C23H51NO4S. The SMILES string of the molecule is CCCCCCCCCCCCCCCCCCC(OS(=O)(=O)[O-])C(C)(C)C.[NH4+]. The highest BCUT2D eigenvalue weighted by Crippen LogP contribution is 2.28. The van der Waals surface area contributed by atoms with Gasteiger partial charge in [-0.1, -0.05) is 130 Å². The minimum absolute atomic E-state index is 0. The number of hydrogen-bond acceptors (Lipinski definition) is 4. The topological polar surface area (TPSA) is 103 Å². The lowest BCUT2D eigenvalue weighted by Gasteiger charge is -2.31. The Morgan fingerprint density at radius 1 is 0.690 bits per heavy atom. The van der Waals surface area contributed by atoms with Crippen molar-refractivity contribution < 1.29 is 17.2 Å². The molecule has 0 aliphatic carbocycles. The lowest BCUT2D eigenvalue weighted by molar-refractivity contribution is 0.0686. The lowest BCUT2D eigenvalue weighted by Crippen LogP contribution is -2.31. The van der Waals surface area contributed by atoms with E-state index >= 15 is 0 Å². The van der Waals surface area contributed by atoms with E-state index in [0.717, 1.165) is 12.8 Å². The molecule has 0 aliphatic rings. The van der Waals surface area contributed by atoms with Gasteiger partial charge in [-0.2, -0.15) is 0 Å². The average molecular weight is 438 g/mol. The standard InChI is InChI=1S/C23H48O4S.H3N/c1-5-6-7-8-9-10-11-12-13-14-15-16-17-18-19-20-21-22(23(2,3)4)27-28(24,25)26;/h22H,5-21H2,1-4H3,(H,24,25,26);1H3. The first-order valence-corrected chi connectivity index (χ1v) is 13.1. The van der Waals surface area contributed by atoms with Crippen molar-refractivity contribution in [3.8, 4) is 0 Å². The van der Waals surface area contributed by atoms with Crippen LogP contribution in [0.1, 0.15) is 137 Å². The first kappa shape index (κ1) is 31.0. The fourth-order valence-electron chi connectivity index (χ4n) is 3.65. The molecule has 0 heterocycles. The highest BCUT2D eigenvalue weighted by molar-refractivity contribution is 7.80. The van der Waals surface area contributed by atoms with Crippen LogP contribution < -0.4 is 6.15 Å². The fraction of sp³-hybridized carbons (Fsp3) is 1.00. The summed E-state index contributed by atoms with van der Waals surface area (Å²) in [7, 11) is -4.63. The quantitative estimate of drug-likeness (QED) is 0.126. The van der Waals surface area contributed by atoms with Crippen molar-refractivity contribution in [2.45, 2.75) is 143 Å².